The summed E-state index contributed by atoms with van der Waals surface area (Å²) < 4.78 is 1.96. The van der Waals surface area contributed by atoms with E-state index in [0.29, 0.717) is 11.9 Å². The summed E-state index contributed by atoms with van der Waals surface area (Å²) in [5.74, 6) is 0. The minimum absolute atomic E-state index is 0.336. The van der Waals surface area contributed by atoms with Crippen LogP contribution in [0, 0.1) is 13.8 Å². The second kappa shape index (κ2) is 4.05. The lowest BCUT2D eigenvalue weighted by atomic mass is 10.3. The van der Waals surface area contributed by atoms with Crippen LogP contribution in [0.1, 0.15) is 11.4 Å². The molecule has 0 saturated heterocycles. The first kappa shape index (κ1) is 9.74. The SMILES string of the molecule is Cc1ncn(CC(O)CBr)c1C. The van der Waals surface area contributed by atoms with Crippen LogP contribution in [0.25, 0.3) is 0 Å². The van der Waals surface area contributed by atoms with E-state index in [9.17, 15) is 5.11 Å². The van der Waals surface area contributed by atoms with Gasteiger partial charge >= 0.3 is 0 Å². The van der Waals surface area contributed by atoms with Gasteiger partial charge in [-0.1, -0.05) is 15.9 Å². The first-order chi connectivity index (χ1) is 5.65. The minimum atomic E-state index is -0.336. The molecule has 0 aromatic carbocycles. The molecule has 0 aliphatic carbocycles. The lowest BCUT2D eigenvalue weighted by Crippen LogP contribution is -2.17. The molecule has 1 atom stereocenters. The van der Waals surface area contributed by atoms with Crippen molar-refractivity contribution < 1.29 is 5.11 Å². The van der Waals surface area contributed by atoms with Crippen molar-refractivity contribution in [2.24, 2.45) is 0 Å². The molecule has 0 bridgehead atoms. The lowest BCUT2D eigenvalue weighted by molar-refractivity contribution is 0.178. The number of aliphatic hydroxyl groups excluding tert-OH is 1. The number of nitrogens with zero attached hydrogens (tertiary/aromatic N) is 2. The van der Waals surface area contributed by atoms with Crippen LogP contribution in [0.2, 0.25) is 0 Å². The maximum absolute atomic E-state index is 9.35. The zero-order chi connectivity index (χ0) is 9.14. The normalized spacial score (nSPS) is 13.3. The molecule has 1 N–H and O–H groups in total. The number of aliphatic hydroxyl groups is 1. The first-order valence-electron chi connectivity index (χ1n) is 3.87. The Hall–Kier alpha value is -0.350. The average molecular weight is 233 g/mol. The summed E-state index contributed by atoms with van der Waals surface area (Å²) in [5.41, 5.74) is 2.15. The van der Waals surface area contributed by atoms with Gasteiger partial charge in [0.15, 0.2) is 0 Å². The molecule has 1 unspecified atom stereocenters. The topological polar surface area (TPSA) is 38.0 Å². The molecule has 12 heavy (non-hydrogen) atoms. The van der Waals surface area contributed by atoms with E-state index < -0.39 is 0 Å². The van der Waals surface area contributed by atoms with Crippen molar-refractivity contribution in [1.82, 2.24) is 9.55 Å². The van der Waals surface area contributed by atoms with Gasteiger partial charge in [0.2, 0.25) is 0 Å². The number of halogens is 1. The summed E-state index contributed by atoms with van der Waals surface area (Å²) in [7, 11) is 0. The van der Waals surface area contributed by atoms with Gasteiger partial charge in [-0.25, -0.2) is 4.98 Å². The fraction of sp³-hybridized carbons (Fsp3) is 0.625. The van der Waals surface area contributed by atoms with Crippen LogP contribution in [0.5, 0.6) is 0 Å². The van der Waals surface area contributed by atoms with Crippen LogP contribution < -0.4 is 0 Å². The van der Waals surface area contributed by atoms with Crippen molar-refractivity contribution in [2.45, 2.75) is 26.5 Å². The highest BCUT2D eigenvalue weighted by atomic mass is 79.9. The van der Waals surface area contributed by atoms with Crippen LogP contribution in [-0.4, -0.2) is 26.1 Å². The van der Waals surface area contributed by atoms with E-state index in [0.717, 1.165) is 11.4 Å². The third-order valence-corrected chi connectivity index (χ3v) is 2.68. The number of imidazole rings is 1. The monoisotopic (exact) mass is 232 g/mol. The second-order valence-corrected chi connectivity index (χ2v) is 3.52. The number of hydrogen-bond donors (Lipinski definition) is 1. The third kappa shape index (κ3) is 2.08. The minimum Gasteiger partial charge on any atom is -0.390 e. The Balaban J connectivity index is 2.69. The van der Waals surface area contributed by atoms with Gasteiger partial charge < -0.3 is 9.67 Å². The summed E-state index contributed by atoms with van der Waals surface area (Å²) in [6.07, 6.45) is 1.42. The van der Waals surface area contributed by atoms with Crippen LogP contribution in [0.3, 0.4) is 0 Å². The maximum atomic E-state index is 9.35. The zero-order valence-corrected chi connectivity index (χ0v) is 8.87. The fourth-order valence-corrected chi connectivity index (χ4v) is 1.21. The Labute approximate surface area is 80.6 Å². The quantitative estimate of drug-likeness (QED) is 0.798. The maximum Gasteiger partial charge on any atom is 0.0952 e. The molecular weight excluding hydrogens is 220 g/mol. The van der Waals surface area contributed by atoms with E-state index in [1.54, 1.807) is 6.33 Å². The molecule has 0 radical (unpaired) electrons. The summed E-state index contributed by atoms with van der Waals surface area (Å²) >= 11 is 3.22. The first-order valence-corrected chi connectivity index (χ1v) is 4.99. The van der Waals surface area contributed by atoms with E-state index in [-0.39, 0.29) is 6.10 Å². The van der Waals surface area contributed by atoms with Crippen molar-refractivity contribution in [1.29, 1.82) is 0 Å². The van der Waals surface area contributed by atoms with Crippen LogP contribution in [-0.2, 0) is 6.54 Å². The summed E-state index contributed by atoms with van der Waals surface area (Å²) in [6.45, 7) is 4.58. The number of rotatable bonds is 3. The molecule has 1 aromatic heterocycles. The van der Waals surface area contributed by atoms with Gasteiger partial charge in [0.05, 0.1) is 24.7 Å². The molecule has 0 aliphatic heterocycles. The Morgan fingerprint density at radius 2 is 2.33 bits per heavy atom. The summed E-state index contributed by atoms with van der Waals surface area (Å²) in [5, 5.41) is 9.95. The largest absolute Gasteiger partial charge is 0.390 e. The van der Waals surface area contributed by atoms with E-state index in [1.807, 2.05) is 18.4 Å². The van der Waals surface area contributed by atoms with Crippen molar-refractivity contribution in [3.8, 4) is 0 Å². The molecule has 0 aliphatic rings. The third-order valence-electron chi connectivity index (χ3n) is 1.93. The molecule has 4 heteroatoms. The number of aromatic nitrogens is 2. The van der Waals surface area contributed by atoms with E-state index >= 15 is 0 Å². The van der Waals surface area contributed by atoms with Crippen molar-refractivity contribution in [3.63, 3.8) is 0 Å². The molecule has 0 fully saturated rings. The highest BCUT2D eigenvalue weighted by Gasteiger charge is 2.06. The predicted molar refractivity (Wildman–Crippen MR) is 51.5 cm³/mol. The molecule has 1 rings (SSSR count). The van der Waals surface area contributed by atoms with Gasteiger partial charge in [0, 0.05) is 11.0 Å². The van der Waals surface area contributed by atoms with Crippen LogP contribution in [0.15, 0.2) is 6.33 Å². The summed E-state index contributed by atoms with van der Waals surface area (Å²) in [4.78, 5) is 4.14. The summed E-state index contributed by atoms with van der Waals surface area (Å²) in [6, 6.07) is 0. The Morgan fingerprint density at radius 3 is 2.75 bits per heavy atom. The zero-order valence-electron chi connectivity index (χ0n) is 7.29. The fourth-order valence-electron chi connectivity index (χ4n) is 1.00. The number of alkyl halides is 1. The van der Waals surface area contributed by atoms with Crippen molar-refractivity contribution in [2.75, 3.05) is 5.33 Å². The highest BCUT2D eigenvalue weighted by molar-refractivity contribution is 9.09. The van der Waals surface area contributed by atoms with Crippen molar-refractivity contribution in [3.05, 3.63) is 17.7 Å². The van der Waals surface area contributed by atoms with E-state index in [2.05, 4.69) is 20.9 Å². The Kier molecular flexibility index (Phi) is 3.29. The molecule has 68 valence electrons. The molecule has 1 heterocycles. The molecule has 1 aromatic rings. The number of hydrogen-bond acceptors (Lipinski definition) is 2. The average Bonchev–Trinajstić information content (AvgIpc) is 2.36. The Morgan fingerprint density at radius 1 is 1.67 bits per heavy atom. The molecule has 0 spiro atoms. The predicted octanol–water partition coefficient (Wildman–Crippen LogP) is 1.26. The molecule has 3 nitrogen and oxygen atoms in total. The Bertz CT molecular complexity index is 260. The highest BCUT2D eigenvalue weighted by Crippen LogP contribution is 2.05. The van der Waals surface area contributed by atoms with Crippen molar-refractivity contribution >= 4 is 15.9 Å². The van der Waals surface area contributed by atoms with Crippen LogP contribution in [0.4, 0.5) is 0 Å². The standard InChI is InChI=1S/C8H13BrN2O/c1-6-7(2)11(5-10-6)4-8(12)3-9/h5,8,12H,3-4H2,1-2H3. The van der Waals surface area contributed by atoms with Gasteiger partial charge in [-0.05, 0) is 13.8 Å². The van der Waals surface area contributed by atoms with E-state index in [4.69, 9.17) is 0 Å². The lowest BCUT2D eigenvalue weighted by Gasteiger charge is -2.09. The van der Waals surface area contributed by atoms with Gasteiger partial charge in [0.1, 0.15) is 0 Å². The van der Waals surface area contributed by atoms with Gasteiger partial charge in [-0.3, -0.25) is 0 Å². The van der Waals surface area contributed by atoms with Crippen LogP contribution >= 0.6 is 15.9 Å². The van der Waals surface area contributed by atoms with Gasteiger partial charge in [-0.15, -0.1) is 0 Å². The smallest absolute Gasteiger partial charge is 0.0952 e. The molecule has 0 saturated carbocycles. The number of aryl methyl sites for hydroxylation is 1. The molecule has 0 amide bonds. The van der Waals surface area contributed by atoms with E-state index in [1.165, 1.54) is 0 Å². The second-order valence-electron chi connectivity index (χ2n) is 2.88. The van der Waals surface area contributed by atoms with Gasteiger partial charge in [-0.2, -0.15) is 0 Å². The molecular formula is C8H13BrN2O. The van der Waals surface area contributed by atoms with Gasteiger partial charge in [0.25, 0.3) is 0 Å².